The van der Waals surface area contributed by atoms with E-state index in [4.69, 9.17) is 0 Å². The van der Waals surface area contributed by atoms with E-state index in [0.717, 1.165) is 11.3 Å². The van der Waals surface area contributed by atoms with Gasteiger partial charge in [-0.15, -0.1) is 11.3 Å². The van der Waals surface area contributed by atoms with Crippen molar-refractivity contribution in [1.29, 1.82) is 0 Å². The summed E-state index contributed by atoms with van der Waals surface area (Å²) in [7, 11) is 5.80. The van der Waals surface area contributed by atoms with E-state index in [9.17, 15) is 9.59 Å². The second-order valence-corrected chi connectivity index (χ2v) is 8.54. The summed E-state index contributed by atoms with van der Waals surface area (Å²) in [6.07, 6.45) is 0. The molecule has 0 spiro atoms. The summed E-state index contributed by atoms with van der Waals surface area (Å²) in [6, 6.07) is 10.0. The van der Waals surface area contributed by atoms with Crippen molar-refractivity contribution in [1.82, 2.24) is 14.5 Å². The zero-order chi connectivity index (χ0) is 20.3. The maximum atomic E-state index is 12.6. The van der Waals surface area contributed by atoms with Crippen molar-refractivity contribution < 1.29 is 4.79 Å². The van der Waals surface area contributed by atoms with Crippen LogP contribution in [0.4, 0.5) is 5.69 Å². The van der Waals surface area contributed by atoms with Gasteiger partial charge in [0.25, 0.3) is 5.56 Å². The minimum atomic E-state index is -0.0354. The van der Waals surface area contributed by atoms with E-state index >= 15 is 0 Å². The van der Waals surface area contributed by atoms with Crippen molar-refractivity contribution >= 4 is 44.9 Å². The highest BCUT2D eigenvalue weighted by Crippen LogP contribution is 2.21. The molecule has 8 heteroatoms. The molecule has 3 rings (SSSR count). The fraction of sp³-hybridized carbons (Fsp3) is 0.350. The third-order valence-corrected chi connectivity index (χ3v) is 6.32. The van der Waals surface area contributed by atoms with E-state index in [1.807, 2.05) is 61.6 Å². The molecule has 2 aromatic heterocycles. The summed E-state index contributed by atoms with van der Waals surface area (Å²) < 4.78 is 2.30. The minimum absolute atomic E-state index is 0.00371. The first-order chi connectivity index (χ1) is 13.4. The monoisotopic (exact) mass is 416 g/mol. The minimum Gasteiger partial charge on any atom is -0.378 e. The Bertz CT molecular complexity index is 1020. The molecule has 0 aliphatic carbocycles. The largest absolute Gasteiger partial charge is 0.378 e. The Morgan fingerprint density at radius 3 is 2.54 bits per heavy atom. The molecule has 1 amide bonds. The molecule has 6 nitrogen and oxygen atoms in total. The number of carbonyl (C=O) groups is 1. The number of rotatable bonds is 7. The number of fused-ring (bicyclic) bond motifs is 1. The molecule has 0 aliphatic heterocycles. The Morgan fingerprint density at radius 1 is 1.18 bits per heavy atom. The number of amides is 1. The number of anilines is 1. The molecule has 28 heavy (non-hydrogen) atoms. The molecule has 0 atom stereocenters. The fourth-order valence-electron chi connectivity index (χ4n) is 2.81. The van der Waals surface area contributed by atoms with Crippen LogP contribution in [0, 0.1) is 0 Å². The summed E-state index contributed by atoms with van der Waals surface area (Å²) in [5.74, 6) is 0.248. The second kappa shape index (κ2) is 8.79. The van der Waals surface area contributed by atoms with Crippen molar-refractivity contribution in [3.63, 3.8) is 0 Å². The number of benzene rings is 1. The lowest BCUT2D eigenvalue weighted by Crippen LogP contribution is -2.28. The van der Waals surface area contributed by atoms with Gasteiger partial charge in [-0.1, -0.05) is 23.9 Å². The van der Waals surface area contributed by atoms with Gasteiger partial charge >= 0.3 is 0 Å². The van der Waals surface area contributed by atoms with Gasteiger partial charge in [0, 0.05) is 39.9 Å². The van der Waals surface area contributed by atoms with Gasteiger partial charge in [0.15, 0.2) is 5.16 Å². The molecule has 2 heterocycles. The normalized spacial score (nSPS) is 11.0. The van der Waals surface area contributed by atoms with Gasteiger partial charge in [-0.05, 0) is 36.1 Å². The molecule has 0 unspecified atom stereocenters. The van der Waals surface area contributed by atoms with Crippen LogP contribution >= 0.6 is 23.1 Å². The number of thioether (sulfide) groups is 1. The van der Waals surface area contributed by atoms with Crippen molar-refractivity contribution in [3.8, 4) is 0 Å². The van der Waals surface area contributed by atoms with Crippen LogP contribution < -0.4 is 10.5 Å². The zero-order valence-electron chi connectivity index (χ0n) is 16.5. The molecule has 0 radical (unpaired) electrons. The molecule has 0 saturated carbocycles. The molecule has 0 N–H and O–H groups in total. The van der Waals surface area contributed by atoms with Crippen LogP contribution in [0.15, 0.2) is 45.7 Å². The Balaban J connectivity index is 1.66. The molecule has 148 valence electrons. The fourth-order valence-corrected chi connectivity index (χ4v) is 4.59. The van der Waals surface area contributed by atoms with Crippen LogP contribution in [-0.2, 0) is 17.9 Å². The topological polar surface area (TPSA) is 58.4 Å². The van der Waals surface area contributed by atoms with Gasteiger partial charge in [0.1, 0.15) is 4.70 Å². The second-order valence-electron chi connectivity index (χ2n) is 6.68. The van der Waals surface area contributed by atoms with Crippen molar-refractivity contribution in [2.75, 3.05) is 31.8 Å². The van der Waals surface area contributed by atoms with Gasteiger partial charge in [0.2, 0.25) is 5.91 Å². The number of hydrogen-bond acceptors (Lipinski definition) is 6. The summed E-state index contributed by atoms with van der Waals surface area (Å²) in [5, 5.41) is 2.46. The third-order valence-electron chi connectivity index (χ3n) is 4.47. The van der Waals surface area contributed by atoms with Crippen molar-refractivity contribution in [3.05, 3.63) is 51.6 Å². The summed E-state index contributed by atoms with van der Waals surface area (Å²) >= 11 is 2.72. The van der Waals surface area contributed by atoms with Gasteiger partial charge in [0.05, 0.1) is 11.3 Å². The first-order valence-corrected chi connectivity index (χ1v) is 10.9. The Labute approximate surface area is 172 Å². The molecule has 0 bridgehead atoms. The highest BCUT2D eigenvalue weighted by atomic mass is 32.2. The Kier molecular flexibility index (Phi) is 6.41. The maximum absolute atomic E-state index is 12.6. The van der Waals surface area contributed by atoms with Crippen LogP contribution in [0.25, 0.3) is 10.2 Å². The third kappa shape index (κ3) is 4.39. The number of thiophene rings is 1. The van der Waals surface area contributed by atoms with Crippen LogP contribution in [-0.4, -0.2) is 47.3 Å². The molecule has 0 fully saturated rings. The van der Waals surface area contributed by atoms with Crippen LogP contribution in [0.5, 0.6) is 0 Å². The number of aromatic nitrogens is 2. The predicted octanol–water partition coefficient (Wildman–Crippen LogP) is 3.29. The SMILES string of the molecule is CCn1c(SCC(=O)N(C)Cc2ccc(N(C)C)cc2)nc2ccsc2c1=O. The lowest BCUT2D eigenvalue weighted by atomic mass is 10.2. The quantitative estimate of drug-likeness (QED) is 0.437. The lowest BCUT2D eigenvalue weighted by Gasteiger charge is -2.18. The van der Waals surface area contributed by atoms with Gasteiger partial charge in [-0.2, -0.15) is 0 Å². The zero-order valence-corrected chi connectivity index (χ0v) is 18.1. The summed E-state index contributed by atoms with van der Waals surface area (Å²) in [4.78, 5) is 33.4. The van der Waals surface area contributed by atoms with Crippen LogP contribution in [0.2, 0.25) is 0 Å². The van der Waals surface area contributed by atoms with E-state index in [-0.39, 0.29) is 17.2 Å². The van der Waals surface area contributed by atoms with Gasteiger partial charge < -0.3 is 9.80 Å². The smallest absolute Gasteiger partial charge is 0.272 e. The number of carbonyl (C=O) groups excluding carboxylic acids is 1. The van der Waals surface area contributed by atoms with Crippen LogP contribution in [0.3, 0.4) is 0 Å². The Morgan fingerprint density at radius 2 is 1.89 bits per heavy atom. The highest BCUT2D eigenvalue weighted by molar-refractivity contribution is 7.99. The maximum Gasteiger partial charge on any atom is 0.272 e. The number of nitrogens with zero attached hydrogens (tertiary/aromatic N) is 4. The Hall–Kier alpha value is -2.32. The number of hydrogen-bond donors (Lipinski definition) is 0. The lowest BCUT2D eigenvalue weighted by molar-refractivity contribution is -0.127. The van der Waals surface area contributed by atoms with Gasteiger partial charge in [-0.25, -0.2) is 4.98 Å². The average molecular weight is 417 g/mol. The van der Waals surface area contributed by atoms with Crippen molar-refractivity contribution in [2.45, 2.75) is 25.2 Å². The molecule has 1 aromatic carbocycles. The van der Waals surface area contributed by atoms with E-state index < -0.39 is 0 Å². The van der Waals surface area contributed by atoms with E-state index in [1.54, 1.807) is 16.5 Å². The molecule has 3 aromatic rings. The molecular weight excluding hydrogens is 392 g/mol. The highest BCUT2D eigenvalue weighted by Gasteiger charge is 2.15. The molecule has 0 saturated heterocycles. The molecular formula is C20H24N4O2S2. The predicted molar refractivity (Wildman–Crippen MR) is 118 cm³/mol. The average Bonchev–Trinajstić information content (AvgIpc) is 3.15. The first kappa shape index (κ1) is 20.4. The van der Waals surface area contributed by atoms with E-state index in [1.165, 1.54) is 23.1 Å². The van der Waals surface area contributed by atoms with E-state index in [2.05, 4.69) is 4.98 Å². The van der Waals surface area contributed by atoms with Crippen LogP contribution in [0.1, 0.15) is 12.5 Å². The van der Waals surface area contributed by atoms with Gasteiger partial charge in [-0.3, -0.25) is 14.2 Å². The first-order valence-electron chi connectivity index (χ1n) is 9.01. The standard InChI is InChI=1S/C20H24N4O2S2/c1-5-24-19(26)18-16(10-11-27-18)21-20(24)28-13-17(25)23(4)12-14-6-8-15(9-7-14)22(2)3/h6-11H,5,12-13H2,1-4H3. The molecule has 0 aliphatic rings. The summed E-state index contributed by atoms with van der Waals surface area (Å²) in [5.41, 5.74) is 2.87. The summed E-state index contributed by atoms with van der Waals surface area (Å²) in [6.45, 7) is 2.99. The van der Waals surface area contributed by atoms with Crippen molar-refractivity contribution in [2.24, 2.45) is 0 Å². The van der Waals surface area contributed by atoms with E-state index in [0.29, 0.717) is 28.5 Å².